The van der Waals surface area contributed by atoms with Crippen molar-refractivity contribution in [2.45, 2.75) is 13.3 Å². The Morgan fingerprint density at radius 2 is 1.65 bits per heavy atom. The molecule has 0 heterocycles. The van der Waals surface area contributed by atoms with Crippen LogP contribution in [0.2, 0.25) is 0 Å². The third-order valence-corrected chi connectivity index (χ3v) is 3.69. The Morgan fingerprint density at radius 1 is 1.09 bits per heavy atom. The molecule has 0 radical (unpaired) electrons. The van der Waals surface area contributed by atoms with E-state index < -0.39 is 5.92 Å². The van der Waals surface area contributed by atoms with Crippen molar-refractivity contribution >= 4 is 17.4 Å². The number of nitrogens with zero attached hydrogens (tertiary/aromatic N) is 2. The normalized spacial score (nSPS) is 12.6. The molecular formula is C19H22N2O2. The SMILES string of the molecule is COC(=O)C(C)/C(Cc1ccccc1)=N\N(C)c1ccccc1. The fourth-order valence-electron chi connectivity index (χ4n) is 2.29. The number of hydrogen-bond acceptors (Lipinski definition) is 4. The minimum atomic E-state index is -0.397. The first-order chi connectivity index (χ1) is 11.1. The lowest BCUT2D eigenvalue weighted by Crippen LogP contribution is -2.27. The summed E-state index contributed by atoms with van der Waals surface area (Å²) in [6, 6.07) is 19.8. The molecule has 0 spiro atoms. The van der Waals surface area contributed by atoms with Gasteiger partial charge in [0.25, 0.3) is 0 Å². The van der Waals surface area contributed by atoms with Gasteiger partial charge in [-0.25, -0.2) is 0 Å². The molecule has 0 aromatic heterocycles. The number of hydrogen-bond donors (Lipinski definition) is 0. The molecule has 0 N–H and O–H groups in total. The topological polar surface area (TPSA) is 41.9 Å². The molecule has 0 aliphatic carbocycles. The first-order valence-corrected chi connectivity index (χ1v) is 7.59. The van der Waals surface area contributed by atoms with Crippen LogP contribution in [0, 0.1) is 5.92 Å². The van der Waals surface area contributed by atoms with E-state index in [1.165, 1.54) is 7.11 Å². The predicted molar refractivity (Wildman–Crippen MR) is 93.6 cm³/mol. The second-order valence-electron chi connectivity index (χ2n) is 5.36. The Balaban J connectivity index is 2.28. The van der Waals surface area contributed by atoms with Gasteiger partial charge >= 0.3 is 5.97 Å². The molecule has 23 heavy (non-hydrogen) atoms. The maximum Gasteiger partial charge on any atom is 0.314 e. The van der Waals surface area contributed by atoms with Crippen LogP contribution in [0.15, 0.2) is 65.8 Å². The summed E-state index contributed by atoms with van der Waals surface area (Å²) in [4.78, 5) is 11.9. The number of rotatable bonds is 6. The Bertz CT molecular complexity index is 654. The summed E-state index contributed by atoms with van der Waals surface area (Å²) < 4.78 is 4.88. The summed E-state index contributed by atoms with van der Waals surface area (Å²) in [5.41, 5.74) is 2.85. The zero-order chi connectivity index (χ0) is 16.7. The molecule has 0 saturated carbocycles. The lowest BCUT2D eigenvalue weighted by atomic mass is 9.98. The Labute approximate surface area is 137 Å². The van der Waals surface area contributed by atoms with E-state index in [9.17, 15) is 4.79 Å². The lowest BCUT2D eigenvalue weighted by Gasteiger charge is -2.19. The van der Waals surface area contributed by atoms with Crippen LogP contribution in [-0.2, 0) is 16.0 Å². The van der Waals surface area contributed by atoms with E-state index in [1.807, 2.05) is 74.6 Å². The predicted octanol–water partition coefficient (Wildman–Crippen LogP) is 3.53. The number of benzene rings is 2. The fraction of sp³-hybridized carbons (Fsp3) is 0.263. The summed E-state index contributed by atoms with van der Waals surface area (Å²) in [5.74, 6) is -0.674. The molecule has 0 aliphatic heterocycles. The van der Waals surface area contributed by atoms with Crippen molar-refractivity contribution in [3.05, 3.63) is 66.2 Å². The van der Waals surface area contributed by atoms with Crippen LogP contribution in [0.5, 0.6) is 0 Å². The molecule has 0 fully saturated rings. The maximum atomic E-state index is 11.9. The molecular weight excluding hydrogens is 288 g/mol. The van der Waals surface area contributed by atoms with Gasteiger partial charge in [0.15, 0.2) is 0 Å². The van der Waals surface area contributed by atoms with Crippen molar-refractivity contribution in [1.82, 2.24) is 0 Å². The maximum absolute atomic E-state index is 11.9. The highest BCUT2D eigenvalue weighted by Crippen LogP contribution is 2.15. The summed E-state index contributed by atoms with van der Waals surface area (Å²) in [7, 11) is 3.28. The zero-order valence-corrected chi connectivity index (χ0v) is 13.8. The number of esters is 1. The minimum absolute atomic E-state index is 0.277. The molecule has 1 atom stereocenters. The van der Waals surface area contributed by atoms with Crippen LogP contribution in [-0.4, -0.2) is 25.8 Å². The lowest BCUT2D eigenvalue weighted by molar-refractivity contribution is -0.142. The van der Waals surface area contributed by atoms with Crippen molar-refractivity contribution in [3.63, 3.8) is 0 Å². The number of anilines is 1. The van der Waals surface area contributed by atoms with Crippen LogP contribution in [0.3, 0.4) is 0 Å². The van der Waals surface area contributed by atoms with Crippen LogP contribution in [0.25, 0.3) is 0 Å². The third-order valence-electron chi connectivity index (χ3n) is 3.69. The smallest absolute Gasteiger partial charge is 0.314 e. The summed E-state index contributed by atoms with van der Waals surface area (Å²) in [6.45, 7) is 1.83. The van der Waals surface area contributed by atoms with Crippen molar-refractivity contribution in [1.29, 1.82) is 0 Å². The molecule has 2 rings (SSSR count). The summed E-state index contributed by atoms with van der Waals surface area (Å²) in [6.07, 6.45) is 0.605. The molecule has 0 bridgehead atoms. The quantitative estimate of drug-likeness (QED) is 0.465. The number of carbonyl (C=O) groups is 1. The van der Waals surface area contributed by atoms with Gasteiger partial charge in [-0.3, -0.25) is 9.80 Å². The highest BCUT2D eigenvalue weighted by Gasteiger charge is 2.21. The molecule has 120 valence electrons. The Morgan fingerprint density at radius 3 is 2.22 bits per heavy atom. The molecule has 4 nitrogen and oxygen atoms in total. The average molecular weight is 310 g/mol. The van der Waals surface area contributed by atoms with Gasteiger partial charge in [0, 0.05) is 13.5 Å². The number of carbonyl (C=O) groups excluding carboxylic acids is 1. The van der Waals surface area contributed by atoms with Crippen molar-refractivity contribution in [2.75, 3.05) is 19.2 Å². The van der Waals surface area contributed by atoms with E-state index >= 15 is 0 Å². The first kappa shape index (κ1) is 16.7. The molecule has 2 aromatic rings. The van der Waals surface area contributed by atoms with Gasteiger partial charge in [0.05, 0.1) is 24.4 Å². The fourth-order valence-corrected chi connectivity index (χ4v) is 2.29. The van der Waals surface area contributed by atoms with Crippen LogP contribution in [0.1, 0.15) is 12.5 Å². The highest BCUT2D eigenvalue weighted by molar-refractivity contribution is 6.03. The van der Waals surface area contributed by atoms with Crippen LogP contribution in [0.4, 0.5) is 5.69 Å². The van der Waals surface area contributed by atoms with Gasteiger partial charge in [-0.1, -0.05) is 48.5 Å². The molecule has 4 heteroatoms. The standard InChI is InChI=1S/C19H22N2O2/c1-15(19(22)23-3)18(14-16-10-6-4-7-11-16)20-21(2)17-12-8-5-9-13-17/h4-13,15H,14H2,1-3H3/b20-18-. The molecule has 0 saturated heterocycles. The highest BCUT2D eigenvalue weighted by atomic mass is 16.5. The van der Waals surface area contributed by atoms with E-state index in [1.54, 1.807) is 5.01 Å². The first-order valence-electron chi connectivity index (χ1n) is 7.59. The van der Waals surface area contributed by atoms with Gasteiger partial charge in [-0.2, -0.15) is 5.10 Å². The number of ether oxygens (including phenoxy) is 1. The van der Waals surface area contributed by atoms with Crippen molar-refractivity contribution in [2.24, 2.45) is 11.0 Å². The monoisotopic (exact) mass is 310 g/mol. The second kappa shape index (κ2) is 8.13. The largest absolute Gasteiger partial charge is 0.469 e. The van der Waals surface area contributed by atoms with Gasteiger partial charge in [0.2, 0.25) is 0 Å². The Kier molecular flexibility index (Phi) is 5.92. The van der Waals surface area contributed by atoms with Gasteiger partial charge < -0.3 is 4.74 Å². The van der Waals surface area contributed by atoms with Gasteiger partial charge in [-0.05, 0) is 24.6 Å². The average Bonchev–Trinajstić information content (AvgIpc) is 2.61. The second-order valence-corrected chi connectivity index (χ2v) is 5.36. The van der Waals surface area contributed by atoms with E-state index in [0.717, 1.165) is 17.0 Å². The summed E-state index contributed by atoms with van der Waals surface area (Å²) >= 11 is 0. The van der Waals surface area contributed by atoms with Gasteiger partial charge in [0.1, 0.15) is 0 Å². The number of para-hydroxylation sites is 1. The molecule has 2 aromatic carbocycles. The van der Waals surface area contributed by atoms with Crippen LogP contribution >= 0.6 is 0 Å². The zero-order valence-electron chi connectivity index (χ0n) is 13.8. The van der Waals surface area contributed by atoms with Gasteiger partial charge in [-0.15, -0.1) is 0 Å². The van der Waals surface area contributed by atoms with E-state index in [0.29, 0.717) is 6.42 Å². The van der Waals surface area contributed by atoms with E-state index in [-0.39, 0.29) is 5.97 Å². The molecule has 0 aliphatic rings. The third kappa shape index (κ3) is 4.68. The molecule has 1 unspecified atom stereocenters. The van der Waals surface area contributed by atoms with E-state index in [2.05, 4.69) is 5.10 Å². The van der Waals surface area contributed by atoms with Crippen LogP contribution < -0.4 is 5.01 Å². The Hall–Kier alpha value is -2.62. The summed E-state index contributed by atoms with van der Waals surface area (Å²) in [5, 5.41) is 6.45. The number of methoxy groups -OCH3 is 1. The van der Waals surface area contributed by atoms with E-state index in [4.69, 9.17) is 4.74 Å². The van der Waals surface area contributed by atoms with Crippen molar-refractivity contribution in [3.8, 4) is 0 Å². The number of hydrazone groups is 1. The minimum Gasteiger partial charge on any atom is -0.469 e. The molecule has 0 amide bonds. The van der Waals surface area contributed by atoms with Crippen molar-refractivity contribution < 1.29 is 9.53 Å².